The van der Waals surface area contributed by atoms with Crippen LogP contribution in [0.1, 0.15) is 0 Å². The van der Waals surface area contributed by atoms with Gasteiger partial charge in [-0.1, -0.05) is 11.6 Å². The van der Waals surface area contributed by atoms with Gasteiger partial charge in [0.05, 0.1) is 11.6 Å². The standard InChI is InChI=1S/C9H7BClF4O.K/c1-6(10(13,14)15)5-16-9-3-2-7(12)4-8(9)11;/h2-4H,1,5H2;/q-1;+1. The number of benzene rings is 1. The topological polar surface area (TPSA) is 9.23 Å². The summed E-state index contributed by atoms with van der Waals surface area (Å²) in [5.74, 6) is -0.597. The van der Waals surface area contributed by atoms with Gasteiger partial charge in [-0.25, -0.2) is 4.39 Å². The van der Waals surface area contributed by atoms with Gasteiger partial charge in [-0.15, -0.1) is 12.1 Å². The molecule has 0 aliphatic carbocycles. The summed E-state index contributed by atoms with van der Waals surface area (Å²) in [6, 6.07) is 3.16. The summed E-state index contributed by atoms with van der Waals surface area (Å²) in [5, 5.41) is -0.0810. The van der Waals surface area contributed by atoms with Crippen molar-refractivity contribution in [1.29, 1.82) is 0 Å². The molecule has 0 aliphatic heterocycles. The van der Waals surface area contributed by atoms with Crippen LogP contribution in [0.15, 0.2) is 30.3 Å². The summed E-state index contributed by atoms with van der Waals surface area (Å²) >= 11 is 5.56. The maximum Gasteiger partial charge on any atom is 1.00 e. The predicted octanol–water partition coefficient (Wildman–Crippen LogP) is 0.805. The van der Waals surface area contributed by atoms with Gasteiger partial charge in [-0.2, -0.15) is 0 Å². The average molecular weight is 293 g/mol. The molecule has 0 bridgehead atoms. The normalized spacial score (nSPS) is 10.6. The Morgan fingerprint density at radius 2 is 1.94 bits per heavy atom. The second-order valence-electron chi connectivity index (χ2n) is 3.10. The van der Waals surface area contributed by atoms with Gasteiger partial charge >= 0.3 is 58.4 Å². The molecule has 0 N–H and O–H groups in total. The summed E-state index contributed by atoms with van der Waals surface area (Å²) in [4.78, 5) is 0. The maximum absolute atomic E-state index is 12.6. The Kier molecular flexibility index (Phi) is 7.36. The minimum Gasteiger partial charge on any atom is -0.491 e. The molecule has 0 aliphatic rings. The minimum absolute atomic E-state index is 0. The summed E-state index contributed by atoms with van der Waals surface area (Å²) < 4.78 is 53.7. The zero-order chi connectivity index (χ0) is 12.3. The number of hydrogen-bond donors (Lipinski definition) is 0. The number of ether oxygens (including phenoxy) is 1. The van der Waals surface area contributed by atoms with Gasteiger partial charge in [0.25, 0.3) is 0 Å². The van der Waals surface area contributed by atoms with Gasteiger partial charge in [0, 0.05) is 0 Å². The molecule has 17 heavy (non-hydrogen) atoms. The average Bonchev–Trinajstić information content (AvgIpc) is 2.14. The van der Waals surface area contributed by atoms with E-state index in [0.717, 1.165) is 18.2 Å². The van der Waals surface area contributed by atoms with Crippen LogP contribution < -0.4 is 56.1 Å². The zero-order valence-corrected chi connectivity index (χ0v) is 12.9. The number of halogens is 5. The summed E-state index contributed by atoms with van der Waals surface area (Å²) in [7, 11) is 0. The van der Waals surface area contributed by atoms with Crippen molar-refractivity contribution >= 4 is 18.6 Å². The Hall–Kier alpha value is 0.471. The van der Waals surface area contributed by atoms with E-state index in [9.17, 15) is 17.3 Å². The van der Waals surface area contributed by atoms with Crippen LogP contribution in [0.3, 0.4) is 0 Å². The van der Waals surface area contributed by atoms with Crippen LogP contribution in [0.4, 0.5) is 17.3 Å². The Morgan fingerprint density at radius 1 is 1.35 bits per heavy atom. The largest absolute Gasteiger partial charge is 1.00 e. The van der Waals surface area contributed by atoms with Crippen LogP contribution in [-0.4, -0.2) is 13.6 Å². The third kappa shape index (κ3) is 5.76. The molecule has 0 unspecified atom stereocenters. The summed E-state index contributed by atoms with van der Waals surface area (Å²) in [6.07, 6.45) is 0. The van der Waals surface area contributed by atoms with E-state index in [0.29, 0.717) is 0 Å². The van der Waals surface area contributed by atoms with Gasteiger partial charge in [0.15, 0.2) is 0 Å². The van der Waals surface area contributed by atoms with Gasteiger partial charge in [-0.05, 0) is 18.2 Å². The van der Waals surface area contributed by atoms with Crippen LogP contribution in [0.2, 0.25) is 5.02 Å². The minimum atomic E-state index is -5.12. The second kappa shape index (κ2) is 7.16. The fourth-order valence-electron chi connectivity index (χ4n) is 0.857. The zero-order valence-electron chi connectivity index (χ0n) is 9.02. The van der Waals surface area contributed by atoms with Crippen LogP contribution >= 0.6 is 11.6 Å². The van der Waals surface area contributed by atoms with Crippen molar-refractivity contribution in [1.82, 2.24) is 0 Å². The summed E-state index contributed by atoms with van der Waals surface area (Å²) in [6.45, 7) is -2.99. The maximum atomic E-state index is 12.6. The molecular formula is C9H7BClF4KO. The Morgan fingerprint density at radius 3 is 2.41 bits per heavy atom. The molecule has 0 spiro atoms. The van der Waals surface area contributed by atoms with E-state index in [1.807, 2.05) is 0 Å². The van der Waals surface area contributed by atoms with E-state index >= 15 is 0 Å². The van der Waals surface area contributed by atoms with Crippen molar-refractivity contribution in [3.05, 3.63) is 41.1 Å². The van der Waals surface area contributed by atoms with Crippen LogP contribution in [0.25, 0.3) is 0 Å². The first-order valence-electron chi connectivity index (χ1n) is 4.26. The van der Waals surface area contributed by atoms with Gasteiger partial charge < -0.3 is 17.7 Å². The van der Waals surface area contributed by atoms with Crippen molar-refractivity contribution in [2.45, 2.75) is 0 Å². The molecule has 0 amide bonds. The first-order valence-corrected chi connectivity index (χ1v) is 4.64. The quantitative estimate of drug-likeness (QED) is 0.589. The summed E-state index contributed by atoms with van der Waals surface area (Å²) in [5.41, 5.74) is -0.972. The fourth-order valence-corrected chi connectivity index (χ4v) is 1.08. The van der Waals surface area contributed by atoms with E-state index in [1.54, 1.807) is 0 Å². The Bertz CT molecular complexity index is 410. The van der Waals surface area contributed by atoms with Gasteiger partial charge in [-0.3, -0.25) is 0 Å². The molecule has 0 saturated carbocycles. The van der Waals surface area contributed by atoms with Crippen molar-refractivity contribution in [2.24, 2.45) is 0 Å². The van der Waals surface area contributed by atoms with E-state index in [1.165, 1.54) is 0 Å². The first kappa shape index (κ1) is 17.5. The van der Waals surface area contributed by atoms with E-state index < -0.39 is 24.9 Å². The molecule has 0 radical (unpaired) electrons. The number of rotatable bonds is 4. The molecule has 8 heteroatoms. The predicted molar refractivity (Wildman–Crippen MR) is 55.1 cm³/mol. The third-order valence-electron chi connectivity index (χ3n) is 1.77. The van der Waals surface area contributed by atoms with Crippen LogP contribution in [0, 0.1) is 5.82 Å². The van der Waals surface area contributed by atoms with Crippen molar-refractivity contribution < 1.29 is 73.5 Å². The molecule has 1 nitrogen and oxygen atoms in total. The Labute approximate surface area is 144 Å². The Balaban J connectivity index is 0.00000256. The van der Waals surface area contributed by atoms with E-state index in [-0.39, 0.29) is 62.2 Å². The molecule has 1 aromatic rings. The van der Waals surface area contributed by atoms with Crippen molar-refractivity contribution in [2.75, 3.05) is 6.61 Å². The molecule has 0 fully saturated rings. The molecule has 0 atom stereocenters. The second-order valence-corrected chi connectivity index (χ2v) is 3.50. The molecular weight excluding hydrogens is 285 g/mol. The van der Waals surface area contributed by atoms with Crippen molar-refractivity contribution in [3.63, 3.8) is 0 Å². The van der Waals surface area contributed by atoms with Crippen LogP contribution in [-0.2, 0) is 0 Å². The van der Waals surface area contributed by atoms with E-state index in [2.05, 4.69) is 6.58 Å². The number of hydrogen-bond acceptors (Lipinski definition) is 1. The third-order valence-corrected chi connectivity index (χ3v) is 2.07. The van der Waals surface area contributed by atoms with Crippen molar-refractivity contribution in [3.8, 4) is 5.75 Å². The van der Waals surface area contributed by atoms with Gasteiger partial charge in [0.1, 0.15) is 11.6 Å². The molecule has 0 heterocycles. The van der Waals surface area contributed by atoms with Gasteiger partial charge in [0.2, 0.25) is 0 Å². The molecule has 1 aromatic carbocycles. The monoisotopic (exact) mass is 292 g/mol. The first-order chi connectivity index (χ1) is 7.30. The SMILES string of the molecule is C=C(COc1ccc(F)cc1Cl)[B-](F)(F)F.[K+]. The molecule has 1 rings (SSSR count). The van der Waals surface area contributed by atoms with E-state index in [4.69, 9.17) is 16.3 Å². The van der Waals surface area contributed by atoms with Crippen LogP contribution in [0.5, 0.6) is 5.75 Å². The fraction of sp³-hybridized carbons (Fsp3) is 0.111. The molecule has 0 saturated heterocycles. The molecule has 88 valence electrons. The molecule has 0 aromatic heterocycles. The smallest absolute Gasteiger partial charge is 0.491 e.